The van der Waals surface area contributed by atoms with E-state index in [9.17, 15) is 4.79 Å². The topological polar surface area (TPSA) is 41.1 Å². The zero-order valence-electron chi connectivity index (χ0n) is 9.93. The van der Waals surface area contributed by atoms with Gasteiger partial charge in [0.05, 0.1) is 0 Å². The minimum Gasteiger partial charge on any atom is -0.356 e. The molecular formula is C13H22N2O. The highest BCUT2D eigenvalue weighted by Crippen LogP contribution is 2.58. The van der Waals surface area contributed by atoms with E-state index in [0.717, 1.165) is 32.0 Å². The van der Waals surface area contributed by atoms with E-state index < -0.39 is 0 Å². The summed E-state index contributed by atoms with van der Waals surface area (Å²) in [7, 11) is 0. The quantitative estimate of drug-likeness (QED) is 0.755. The number of nitrogens with one attached hydrogen (secondary N) is 2. The van der Waals surface area contributed by atoms with Crippen molar-refractivity contribution in [1.82, 2.24) is 10.6 Å². The standard InChI is InChI=1S/C13H22N2O/c16-12(15-9-10-2-1-3-10)11-8-13(11)4-6-14-7-5-13/h10-11,14H,1-9H2,(H,15,16). The Balaban J connectivity index is 1.45. The molecule has 1 unspecified atom stereocenters. The third-order valence-corrected chi connectivity index (χ3v) is 4.90. The smallest absolute Gasteiger partial charge is 0.223 e. The van der Waals surface area contributed by atoms with Gasteiger partial charge in [0.25, 0.3) is 0 Å². The van der Waals surface area contributed by atoms with Crippen LogP contribution in [-0.2, 0) is 4.79 Å². The van der Waals surface area contributed by atoms with Crippen LogP contribution in [0.3, 0.4) is 0 Å². The molecule has 2 saturated carbocycles. The Labute approximate surface area is 97.4 Å². The molecule has 1 saturated heterocycles. The van der Waals surface area contributed by atoms with Gasteiger partial charge in [-0.2, -0.15) is 0 Å². The van der Waals surface area contributed by atoms with Gasteiger partial charge >= 0.3 is 0 Å². The Bertz CT molecular complexity index is 280. The Hall–Kier alpha value is -0.570. The van der Waals surface area contributed by atoms with E-state index in [1.54, 1.807) is 0 Å². The van der Waals surface area contributed by atoms with Crippen LogP contribution < -0.4 is 10.6 Å². The van der Waals surface area contributed by atoms with Crippen LogP contribution in [0.15, 0.2) is 0 Å². The predicted molar refractivity (Wildman–Crippen MR) is 63.0 cm³/mol. The fraction of sp³-hybridized carbons (Fsp3) is 0.923. The van der Waals surface area contributed by atoms with Crippen molar-refractivity contribution in [2.24, 2.45) is 17.3 Å². The average molecular weight is 222 g/mol. The molecule has 3 aliphatic rings. The van der Waals surface area contributed by atoms with Crippen molar-refractivity contribution in [2.75, 3.05) is 19.6 Å². The number of piperidine rings is 1. The fourth-order valence-corrected chi connectivity index (χ4v) is 3.26. The molecule has 1 atom stereocenters. The first-order valence-electron chi connectivity index (χ1n) is 6.79. The zero-order chi connectivity index (χ0) is 11.0. The van der Waals surface area contributed by atoms with Crippen LogP contribution in [0.1, 0.15) is 38.5 Å². The minimum absolute atomic E-state index is 0.341. The number of amides is 1. The van der Waals surface area contributed by atoms with Crippen molar-refractivity contribution >= 4 is 5.91 Å². The number of rotatable bonds is 3. The van der Waals surface area contributed by atoms with E-state index in [-0.39, 0.29) is 0 Å². The summed E-state index contributed by atoms with van der Waals surface area (Å²) in [6, 6.07) is 0. The molecule has 16 heavy (non-hydrogen) atoms. The van der Waals surface area contributed by atoms with Gasteiger partial charge in [-0.15, -0.1) is 0 Å². The number of hydrogen-bond acceptors (Lipinski definition) is 2. The van der Waals surface area contributed by atoms with Crippen LogP contribution in [0, 0.1) is 17.3 Å². The Morgan fingerprint density at radius 2 is 2.06 bits per heavy atom. The molecule has 3 rings (SSSR count). The van der Waals surface area contributed by atoms with Crippen LogP contribution in [0.25, 0.3) is 0 Å². The molecule has 0 aromatic heterocycles. The number of hydrogen-bond donors (Lipinski definition) is 2. The van der Waals surface area contributed by atoms with Gasteiger partial charge in [0, 0.05) is 12.5 Å². The van der Waals surface area contributed by atoms with Crippen LogP contribution in [0.2, 0.25) is 0 Å². The fourth-order valence-electron chi connectivity index (χ4n) is 3.26. The molecule has 1 spiro atoms. The number of carbonyl (C=O) groups excluding carboxylic acids is 1. The highest BCUT2D eigenvalue weighted by molar-refractivity contribution is 5.82. The zero-order valence-corrected chi connectivity index (χ0v) is 9.93. The van der Waals surface area contributed by atoms with E-state index >= 15 is 0 Å². The van der Waals surface area contributed by atoms with Crippen LogP contribution in [-0.4, -0.2) is 25.5 Å². The van der Waals surface area contributed by atoms with E-state index in [1.165, 1.54) is 32.1 Å². The first kappa shape index (κ1) is 10.6. The summed E-state index contributed by atoms with van der Waals surface area (Å²) in [6.45, 7) is 3.14. The molecule has 1 aliphatic heterocycles. The lowest BCUT2D eigenvalue weighted by Gasteiger charge is -2.26. The third-order valence-electron chi connectivity index (χ3n) is 4.90. The maximum atomic E-state index is 12.0. The molecule has 0 aromatic rings. The van der Waals surface area contributed by atoms with Crippen LogP contribution in [0.4, 0.5) is 0 Å². The van der Waals surface area contributed by atoms with Crippen molar-refractivity contribution < 1.29 is 4.79 Å². The maximum Gasteiger partial charge on any atom is 0.223 e. The normalized spacial score (nSPS) is 32.1. The molecule has 90 valence electrons. The lowest BCUT2D eigenvalue weighted by molar-refractivity contribution is -0.123. The molecule has 0 aromatic carbocycles. The van der Waals surface area contributed by atoms with E-state index in [0.29, 0.717) is 17.2 Å². The molecular weight excluding hydrogens is 200 g/mol. The van der Waals surface area contributed by atoms with Gasteiger partial charge in [0.1, 0.15) is 0 Å². The Morgan fingerprint density at radius 3 is 2.69 bits per heavy atom. The van der Waals surface area contributed by atoms with Crippen molar-refractivity contribution in [3.8, 4) is 0 Å². The van der Waals surface area contributed by atoms with E-state index in [2.05, 4.69) is 10.6 Å². The second-order valence-electron chi connectivity index (χ2n) is 5.91. The highest BCUT2D eigenvalue weighted by Gasteiger charge is 2.57. The number of carbonyl (C=O) groups is 1. The van der Waals surface area contributed by atoms with E-state index in [4.69, 9.17) is 0 Å². The first-order chi connectivity index (χ1) is 7.80. The summed E-state index contributed by atoms with van der Waals surface area (Å²) in [6.07, 6.45) is 7.55. The van der Waals surface area contributed by atoms with Gasteiger partial charge in [-0.3, -0.25) is 4.79 Å². The van der Waals surface area contributed by atoms with Gasteiger partial charge in [-0.05, 0) is 56.5 Å². The minimum atomic E-state index is 0.341. The largest absolute Gasteiger partial charge is 0.356 e. The van der Waals surface area contributed by atoms with Gasteiger partial charge in [0.15, 0.2) is 0 Å². The molecule has 2 aliphatic carbocycles. The van der Waals surface area contributed by atoms with Crippen LogP contribution in [0.5, 0.6) is 0 Å². The lowest BCUT2D eigenvalue weighted by atomic mass is 9.85. The lowest BCUT2D eigenvalue weighted by Crippen LogP contribution is -2.36. The van der Waals surface area contributed by atoms with Crippen molar-refractivity contribution in [1.29, 1.82) is 0 Å². The average Bonchev–Trinajstić information content (AvgIpc) is 2.91. The van der Waals surface area contributed by atoms with E-state index in [1.807, 2.05) is 0 Å². The molecule has 0 radical (unpaired) electrons. The summed E-state index contributed by atoms with van der Waals surface area (Å²) in [5.74, 6) is 1.47. The maximum absolute atomic E-state index is 12.0. The summed E-state index contributed by atoms with van der Waals surface area (Å²) in [5.41, 5.74) is 0.398. The SMILES string of the molecule is O=C(NCC1CCC1)C1CC12CCNCC2. The molecule has 3 fully saturated rings. The van der Waals surface area contributed by atoms with Crippen LogP contribution >= 0.6 is 0 Å². The summed E-state index contributed by atoms with van der Waals surface area (Å²) in [4.78, 5) is 12.0. The molecule has 0 bridgehead atoms. The van der Waals surface area contributed by atoms with Gasteiger partial charge < -0.3 is 10.6 Å². The van der Waals surface area contributed by atoms with Crippen molar-refractivity contribution in [3.63, 3.8) is 0 Å². The molecule has 3 heteroatoms. The van der Waals surface area contributed by atoms with Crippen molar-refractivity contribution in [3.05, 3.63) is 0 Å². The Morgan fingerprint density at radius 1 is 1.31 bits per heavy atom. The highest BCUT2D eigenvalue weighted by atomic mass is 16.2. The second kappa shape index (κ2) is 4.02. The third kappa shape index (κ3) is 1.86. The predicted octanol–water partition coefficient (Wildman–Crippen LogP) is 1.29. The summed E-state index contributed by atoms with van der Waals surface area (Å²) >= 11 is 0. The molecule has 3 nitrogen and oxygen atoms in total. The molecule has 2 N–H and O–H groups in total. The van der Waals surface area contributed by atoms with Crippen molar-refractivity contribution in [2.45, 2.75) is 38.5 Å². The monoisotopic (exact) mass is 222 g/mol. The molecule has 1 amide bonds. The van der Waals surface area contributed by atoms with Gasteiger partial charge in [0.2, 0.25) is 5.91 Å². The van der Waals surface area contributed by atoms with Gasteiger partial charge in [-0.25, -0.2) is 0 Å². The van der Waals surface area contributed by atoms with Gasteiger partial charge in [-0.1, -0.05) is 6.42 Å². The second-order valence-corrected chi connectivity index (χ2v) is 5.91. The summed E-state index contributed by atoms with van der Waals surface area (Å²) in [5, 5.41) is 6.54. The first-order valence-corrected chi connectivity index (χ1v) is 6.79. The Kier molecular flexibility index (Phi) is 2.66. The molecule has 1 heterocycles. The summed E-state index contributed by atoms with van der Waals surface area (Å²) < 4.78 is 0.